The molecule has 2 amide bonds. The minimum atomic E-state index is -1.15. The number of aliphatic carboxylic acids is 1. The highest BCUT2D eigenvalue weighted by molar-refractivity contribution is 5.84. The van der Waals surface area contributed by atoms with Gasteiger partial charge in [0.1, 0.15) is 0 Å². The van der Waals surface area contributed by atoms with Crippen LogP contribution in [0.3, 0.4) is 0 Å². The number of carboxylic acid groups (broad SMARTS) is 1. The third-order valence-corrected chi connectivity index (χ3v) is 1.96. The van der Waals surface area contributed by atoms with Crippen molar-refractivity contribution in [2.75, 3.05) is 27.2 Å². The smallest absolute Gasteiger partial charge is 0.334 e. The number of hydrogen-bond acceptors (Lipinski definition) is 4. The fourth-order valence-electron chi connectivity index (χ4n) is 0.861. The summed E-state index contributed by atoms with van der Waals surface area (Å²) in [5, 5.41) is 11.0. The summed E-state index contributed by atoms with van der Waals surface area (Å²) in [6, 6.07) is 0. The van der Waals surface area contributed by atoms with Gasteiger partial charge in [0.2, 0.25) is 11.8 Å². The molecule has 0 aromatic carbocycles. The van der Waals surface area contributed by atoms with Gasteiger partial charge in [-0.25, -0.2) is 4.79 Å². The number of carbonyl (C=O) groups excluding carboxylic acids is 2. The number of carboxylic acids is 1. The first-order chi connectivity index (χ1) is 7.38. The number of hydrogen-bond donors (Lipinski definition) is 2. The van der Waals surface area contributed by atoms with Gasteiger partial charge in [0.05, 0.1) is 13.1 Å². The maximum atomic E-state index is 11.2. The van der Waals surface area contributed by atoms with Gasteiger partial charge in [-0.05, 0) is 0 Å². The molecule has 2 N–H and O–H groups in total. The summed E-state index contributed by atoms with van der Waals surface area (Å²) >= 11 is 0. The monoisotopic (exact) mass is 232 g/mol. The van der Waals surface area contributed by atoms with E-state index < -0.39 is 18.0 Å². The number of nitrogens with zero attached hydrogens (tertiary/aromatic N) is 1. The van der Waals surface area contributed by atoms with Crippen LogP contribution in [0, 0.1) is 0 Å². The molecule has 0 saturated carbocycles. The quantitative estimate of drug-likeness (QED) is 0.592. The van der Waals surface area contributed by atoms with Crippen molar-refractivity contribution in [3.8, 4) is 0 Å². The normalized spacial score (nSPS) is 11.7. The molecule has 1 unspecified atom stereocenters. The second kappa shape index (κ2) is 6.78. The largest absolute Gasteiger partial charge is 0.479 e. The van der Waals surface area contributed by atoms with Crippen molar-refractivity contribution in [1.82, 2.24) is 10.2 Å². The Morgan fingerprint density at radius 2 is 2.00 bits per heavy atom. The first kappa shape index (κ1) is 14.4. The summed E-state index contributed by atoms with van der Waals surface area (Å²) in [6.45, 7) is 1.10. The molecule has 0 aromatic heterocycles. The van der Waals surface area contributed by atoms with Crippen molar-refractivity contribution in [1.29, 1.82) is 0 Å². The van der Waals surface area contributed by atoms with Gasteiger partial charge < -0.3 is 20.1 Å². The number of amides is 2. The summed E-state index contributed by atoms with van der Waals surface area (Å²) in [5.41, 5.74) is 0. The third-order valence-electron chi connectivity index (χ3n) is 1.96. The number of likely N-dealkylation sites (N-methyl/N-ethyl adjacent to an activating group) is 1. The Balaban J connectivity index is 3.97. The van der Waals surface area contributed by atoms with Crippen LogP contribution < -0.4 is 5.32 Å². The van der Waals surface area contributed by atoms with Crippen molar-refractivity contribution in [3.63, 3.8) is 0 Å². The van der Waals surface area contributed by atoms with Gasteiger partial charge in [-0.1, -0.05) is 0 Å². The van der Waals surface area contributed by atoms with Crippen molar-refractivity contribution < 1.29 is 24.2 Å². The number of carbonyl (C=O) groups is 3. The van der Waals surface area contributed by atoms with Crippen LogP contribution in [0.15, 0.2) is 0 Å². The van der Waals surface area contributed by atoms with E-state index in [4.69, 9.17) is 5.11 Å². The number of rotatable bonds is 6. The zero-order valence-corrected chi connectivity index (χ0v) is 9.52. The summed E-state index contributed by atoms with van der Waals surface area (Å²) in [4.78, 5) is 33.8. The van der Waals surface area contributed by atoms with Gasteiger partial charge in [-0.2, -0.15) is 0 Å². The van der Waals surface area contributed by atoms with Crippen molar-refractivity contribution in [3.05, 3.63) is 0 Å². The van der Waals surface area contributed by atoms with Crippen molar-refractivity contribution in [2.24, 2.45) is 0 Å². The zero-order valence-electron chi connectivity index (χ0n) is 9.52. The average Bonchev–Trinajstić information content (AvgIpc) is 2.17. The SMILES string of the molecule is COC(CNC(=O)CN(C)C(C)=O)C(=O)O. The van der Waals surface area contributed by atoms with E-state index in [1.165, 1.54) is 26.0 Å². The van der Waals surface area contributed by atoms with E-state index in [0.29, 0.717) is 0 Å². The molecule has 0 aliphatic rings. The Morgan fingerprint density at radius 1 is 1.44 bits per heavy atom. The second-order valence-corrected chi connectivity index (χ2v) is 3.24. The lowest BCUT2D eigenvalue weighted by molar-refractivity contribution is -0.148. The fourth-order valence-corrected chi connectivity index (χ4v) is 0.861. The predicted molar refractivity (Wildman–Crippen MR) is 54.8 cm³/mol. The molecule has 7 nitrogen and oxygen atoms in total. The van der Waals surface area contributed by atoms with Crippen LogP contribution in [0.4, 0.5) is 0 Å². The van der Waals surface area contributed by atoms with E-state index in [0.717, 1.165) is 0 Å². The Morgan fingerprint density at radius 3 is 2.38 bits per heavy atom. The molecule has 0 bridgehead atoms. The van der Waals surface area contributed by atoms with E-state index in [1.54, 1.807) is 0 Å². The molecule has 92 valence electrons. The van der Waals surface area contributed by atoms with Gasteiger partial charge in [0.15, 0.2) is 6.10 Å². The minimum absolute atomic E-state index is 0.106. The van der Waals surface area contributed by atoms with E-state index in [-0.39, 0.29) is 19.0 Å². The molecule has 0 aromatic rings. The summed E-state index contributed by atoms with van der Waals surface area (Å²) < 4.78 is 4.62. The Labute approximate surface area is 93.4 Å². The summed E-state index contributed by atoms with van der Waals surface area (Å²) in [5.74, 6) is -1.82. The standard InChI is InChI=1S/C9H16N2O5/c1-6(12)11(2)5-8(13)10-4-7(16-3)9(14)15/h7H,4-5H2,1-3H3,(H,10,13)(H,14,15). The van der Waals surface area contributed by atoms with Crippen LogP contribution in [-0.2, 0) is 19.1 Å². The second-order valence-electron chi connectivity index (χ2n) is 3.24. The van der Waals surface area contributed by atoms with Crippen LogP contribution in [0.5, 0.6) is 0 Å². The van der Waals surface area contributed by atoms with Gasteiger partial charge in [-0.3, -0.25) is 9.59 Å². The Bertz CT molecular complexity index is 279. The molecule has 0 fully saturated rings. The minimum Gasteiger partial charge on any atom is -0.479 e. The Hall–Kier alpha value is -1.63. The molecular weight excluding hydrogens is 216 g/mol. The first-order valence-corrected chi connectivity index (χ1v) is 4.62. The number of methoxy groups -OCH3 is 1. The van der Waals surface area contributed by atoms with E-state index in [2.05, 4.69) is 10.1 Å². The molecule has 0 saturated heterocycles. The molecule has 0 aliphatic heterocycles. The molecule has 1 atom stereocenters. The van der Waals surface area contributed by atoms with Gasteiger partial charge in [0.25, 0.3) is 0 Å². The highest BCUT2D eigenvalue weighted by Gasteiger charge is 2.17. The van der Waals surface area contributed by atoms with Crippen LogP contribution in [0.2, 0.25) is 0 Å². The predicted octanol–water partition coefficient (Wildman–Crippen LogP) is -1.32. The maximum absolute atomic E-state index is 11.2. The maximum Gasteiger partial charge on any atom is 0.334 e. The lowest BCUT2D eigenvalue weighted by atomic mass is 10.3. The molecule has 0 radical (unpaired) electrons. The first-order valence-electron chi connectivity index (χ1n) is 4.62. The number of ether oxygens (including phenoxy) is 1. The molecule has 0 aliphatic carbocycles. The van der Waals surface area contributed by atoms with Crippen LogP contribution >= 0.6 is 0 Å². The number of nitrogens with one attached hydrogen (secondary N) is 1. The van der Waals surface area contributed by atoms with Gasteiger partial charge in [-0.15, -0.1) is 0 Å². The molecule has 7 heteroatoms. The van der Waals surface area contributed by atoms with E-state index >= 15 is 0 Å². The lowest BCUT2D eigenvalue weighted by Crippen LogP contribution is -2.42. The van der Waals surface area contributed by atoms with Gasteiger partial charge in [0, 0.05) is 21.1 Å². The fraction of sp³-hybridized carbons (Fsp3) is 0.667. The topological polar surface area (TPSA) is 95.9 Å². The molecule has 0 heterocycles. The van der Waals surface area contributed by atoms with Crippen molar-refractivity contribution >= 4 is 17.8 Å². The highest BCUT2D eigenvalue weighted by Crippen LogP contribution is 1.88. The molecule has 16 heavy (non-hydrogen) atoms. The van der Waals surface area contributed by atoms with Crippen LogP contribution in [-0.4, -0.2) is 61.1 Å². The Kier molecular flexibility index (Phi) is 6.09. The van der Waals surface area contributed by atoms with E-state index in [9.17, 15) is 14.4 Å². The molecular formula is C9H16N2O5. The molecule has 0 spiro atoms. The van der Waals surface area contributed by atoms with E-state index in [1.807, 2.05) is 0 Å². The summed E-state index contributed by atoms with van der Waals surface area (Å²) in [7, 11) is 2.72. The average molecular weight is 232 g/mol. The van der Waals surface area contributed by atoms with Crippen molar-refractivity contribution in [2.45, 2.75) is 13.0 Å². The zero-order chi connectivity index (χ0) is 12.7. The van der Waals surface area contributed by atoms with Crippen LogP contribution in [0.1, 0.15) is 6.92 Å². The summed E-state index contributed by atoms with van der Waals surface area (Å²) in [6.07, 6.45) is -1.08. The third kappa shape index (κ3) is 5.30. The highest BCUT2D eigenvalue weighted by atomic mass is 16.5. The van der Waals surface area contributed by atoms with Gasteiger partial charge >= 0.3 is 5.97 Å². The lowest BCUT2D eigenvalue weighted by Gasteiger charge is -2.16. The van der Waals surface area contributed by atoms with Crippen LogP contribution in [0.25, 0.3) is 0 Å². The molecule has 0 rings (SSSR count).